The van der Waals surface area contributed by atoms with E-state index in [1.54, 1.807) is 24.3 Å². The van der Waals surface area contributed by atoms with E-state index in [0.717, 1.165) is 17.4 Å². The summed E-state index contributed by atoms with van der Waals surface area (Å²) < 4.78 is 26.6. The third-order valence-corrected chi connectivity index (χ3v) is 6.74. The van der Waals surface area contributed by atoms with Crippen molar-refractivity contribution >= 4 is 21.6 Å². The molecule has 0 unspecified atom stereocenters. The topological polar surface area (TPSA) is 66.5 Å². The third-order valence-electron chi connectivity index (χ3n) is 5.61. The van der Waals surface area contributed by atoms with E-state index in [0.29, 0.717) is 11.3 Å². The standard InChI is InChI=1S/C27H32N2O3S/c1-20(22-15-17-23(18-16-22)27(2,3)4)28-26(30)24-13-9-10-14-25(24)29(33(5,31)32)19-21-11-7-6-8-12-21/h6-18,20H,19H2,1-5H3,(H,28,30)/t20-/m0/s1. The highest BCUT2D eigenvalue weighted by molar-refractivity contribution is 7.92. The summed E-state index contributed by atoms with van der Waals surface area (Å²) in [4.78, 5) is 13.2. The molecule has 0 fully saturated rings. The van der Waals surface area contributed by atoms with Crippen molar-refractivity contribution in [3.05, 3.63) is 101 Å². The van der Waals surface area contributed by atoms with Gasteiger partial charge in [0.2, 0.25) is 10.0 Å². The van der Waals surface area contributed by atoms with Crippen LogP contribution in [0.5, 0.6) is 0 Å². The minimum atomic E-state index is -3.62. The zero-order valence-electron chi connectivity index (χ0n) is 19.9. The Morgan fingerprint density at radius 2 is 1.48 bits per heavy atom. The van der Waals surface area contributed by atoms with Crippen molar-refractivity contribution in [2.75, 3.05) is 10.6 Å². The quantitative estimate of drug-likeness (QED) is 0.506. The van der Waals surface area contributed by atoms with Crippen LogP contribution in [0.2, 0.25) is 0 Å². The van der Waals surface area contributed by atoms with Crippen molar-refractivity contribution in [3.63, 3.8) is 0 Å². The van der Waals surface area contributed by atoms with Crippen LogP contribution in [0.1, 0.15) is 60.8 Å². The second kappa shape index (κ2) is 9.79. The number of nitrogens with one attached hydrogen (secondary N) is 1. The number of hydrogen-bond donors (Lipinski definition) is 1. The lowest BCUT2D eigenvalue weighted by molar-refractivity contribution is 0.0940. The fourth-order valence-corrected chi connectivity index (χ4v) is 4.54. The molecule has 3 rings (SSSR count). The van der Waals surface area contributed by atoms with Crippen molar-refractivity contribution < 1.29 is 13.2 Å². The van der Waals surface area contributed by atoms with Crippen LogP contribution in [-0.2, 0) is 22.0 Å². The average Bonchev–Trinajstić information content (AvgIpc) is 2.77. The fraction of sp³-hybridized carbons (Fsp3) is 0.296. The van der Waals surface area contributed by atoms with Crippen LogP contribution in [-0.4, -0.2) is 20.6 Å². The van der Waals surface area contributed by atoms with E-state index in [2.05, 4.69) is 38.2 Å². The number of carbonyl (C=O) groups is 1. The maximum atomic E-state index is 13.2. The highest BCUT2D eigenvalue weighted by Gasteiger charge is 2.24. The van der Waals surface area contributed by atoms with Gasteiger partial charge in [0.15, 0.2) is 0 Å². The fourth-order valence-electron chi connectivity index (χ4n) is 3.64. The monoisotopic (exact) mass is 464 g/mol. The third kappa shape index (κ3) is 6.23. The Labute approximate surface area is 197 Å². The van der Waals surface area contributed by atoms with Crippen LogP contribution in [0.15, 0.2) is 78.9 Å². The molecular formula is C27H32N2O3S. The van der Waals surface area contributed by atoms with E-state index in [9.17, 15) is 13.2 Å². The van der Waals surface area contributed by atoms with Gasteiger partial charge in [0, 0.05) is 0 Å². The summed E-state index contributed by atoms with van der Waals surface area (Å²) in [6.45, 7) is 8.55. The molecule has 0 saturated heterocycles. The summed E-state index contributed by atoms with van der Waals surface area (Å²) in [5.41, 5.74) is 3.77. The number of benzene rings is 3. The molecular weight excluding hydrogens is 432 g/mol. The van der Waals surface area contributed by atoms with Gasteiger partial charge in [-0.2, -0.15) is 0 Å². The van der Waals surface area contributed by atoms with Gasteiger partial charge >= 0.3 is 0 Å². The minimum absolute atomic E-state index is 0.0534. The number of rotatable bonds is 7. The molecule has 33 heavy (non-hydrogen) atoms. The first kappa shape index (κ1) is 24.5. The highest BCUT2D eigenvalue weighted by atomic mass is 32.2. The van der Waals surface area contributed by atoms with Gasteiger partial charge in [0.05, 0.1) is 30.1 Å². The summed E-state index contributed by atoms with van der Waals surface area (Å²) in [6.07, 6.45) is 1.16. The summed E-state index contributed by atoms with van der Waals surface area (Å²) >= 11 is 0. The first-order valence-electron chi connectivity index (χ1n) is 11.0. The Morgan fingerprint density at radius 3 is 2.06 bits per heavy atom. The normalized spacial score (nSPS) is 12.8. The lowest BCUT2D eigenvalue weighted by atomic mass is 9.86. The van der Waals surface area contributed by atoms with Gasteiger partial charge in [0.25, 0.3) is 5.91 Å². The number of para-hydroxylation sites is 1. The molecule has 0 radical (unpaired) electrons. The maximum Gasteiger partial charge on any atom is 0.253 e. The van der Waals surface area contributed by atoms with Crippen molar-refractivity contribution in [3.8, 4) is 0 Å². The molecule has 0 aliphatic rings. The Hall–Kier alpha value is -3.12. The van der Waals surface area contributed by atoms with E-state index in [4.69, 9.17) is 0 Å². The molecule has 1 atom stereocenters. The molecule has 0 aromatic heterocycles. The number of anilines is 1. The second-order valence-electron chi connectivity index (χ2n) is 9.34. The number of amides is 1. The minimum Gasteiger partial charge on any atom is -0.345 e. The van der Waals surface area contributed by atoms with Gasteiger partial charge < -0.3 is 5.32 Å². The maximum absolute atomic E-state index is 13.2. The highest BCUT2D eigenvalue weighted by Crippen LogP contribution is 2.27. The molecule has 3 aromatic rings. The zero-order valence-corrected chi connectivity index (χ0v) is 20.7. The van der Waals surface area contributed by atoms with Crippen molar-refractivity contribution in [1.82, 2.24) is 5.32 Å². The molecule has 5 nitrogen and oxygen atoms in total. The molecule has 0 saturated carbocycles. The van der Waals surface area contributed by atoms with Crippen LogP contribution in [0.3, 0.4) is 0 Å². The van der Waals surface area contributed by atoms with Crippen LogP contribution in [0.25, 0.3) is 0 Å². The van der Waals surface area contributed by atoms with E-state index in [1.165, 1.54) is 9.87 Å². The first-order chi connectivity index (χ1) is 15.5. The summed E-state index contributed by atoms with van der Waals surface area (Å²) in [5, 5.41) is 3.02. The van der Waals surface area contributed by atoms with E-state index >= 15 is 0 Å². The average molecular weight is 465 g/mol. The van der Waals surface area contributed by atoms with Gasteiger partial charge in [-0.05, 0) is 41.2 Å². The molecule has 0 bridgehead atoms. The van der Waals surface area contributed by atoms with Crippen molar-refractivity contribution in [2.24, 2.45) is 0 Å². The molecule has 6 heteroatoms. The van der Waals surface area contributed by atoms with Gasteiger partial charge in [-0.3, -0.25) is 9.10 Å². The predicted octanol–water partition coefficient (Wildman–Crippen LogP) is 5.44. The number of carbonyl (C=O) groups excluding carboxylic acids is 1. The Balaban J connectivity index is 1.87. The van der Waals surface area contributed by atoms with Crippen molar-refractivity contribution in [1.29, 1.82) is 0 Å². The number of hydrogen-bond acceptors (Lipinski definition) is 3. The second-order valence-corrected chi connectivity index (χ2v) is 11.2. The number of nitrogens with zero attached hydrogens (tertiary/aromatic N) is 1. The molecule has 1 N–H and O–H groups in total. The lowest BCUT2D eigenvalue weighted by Crippen LogP contribution is -2.33. The Bertz CT molecular complexity index is 1200. The van der Waals surface area contributed by atoms with Gasteiger partial charge in [-0.15, -0.1) is 0 Å². The molecule has 0 aliphatic heterocycles. The summed E-state index contributed by atoms with van der Waals surface area (Å²) in [5.74, 6) is -0.320. The summed E-state index contributed by atoms with van der Waals surface area (Å²) in [6, 6.07) is 24.1. The smallest absolute Gasteiger partial charge is 0.253 e. The molecule has 174 valence electrons. The van der Waals surface area contributed by atoms with Crippen LogP contribution >= 0.6 is 0 Å². The SMILES string of the molecule is C[C@H](NC(=O)c1ccccc1N(Cc1ccccc1)S(C)(=O)=O)c1ccc(C(C)(C)C)cc1. The Morgan fingerprint density at radius 1 is 0.909 bits per heavy atom. The largest absolute Gasteiger partial charge is 0.345 e. The summed E-state index contributed by atoms with van der Waals surface area (Å²) in [7, 11) is -3.62. The van der Waals surface area contributed by atoms with Crippen LogP contribution in [0.4, 0.5) is 5.69 Å². The van der Waals surface area contributed by atoms with Gasteiger partial charge in [-0.25, -0.2) is 8.42 Å². The first-order valence-corrected chi connectivity index (χ1v) is 12.8. The zero-order chi connectivity index (χ0) is 24.2. The van der Waals surface area contributed by atoms with Gasteiger partial charge in [0.1, 0.15) is 0 Å². The molecule has 0 aliphatic carbocycles. The van der Waals surface area contributed by atoms with E-state index in [-0.39, 0.29) is 23.9 Å². The number of sulfonamides is 1. The lowest BCUT2D eigenvalue weighted by Gasteiger charge is -2.25. The van der Waals surface area contributed by atoms with Gasteiger partial charge in [-0.1, -0.05) is 87.5 Å². The van der Waals surface area contributed by atoms with E-state index < -0.39 is 10.0 Å². The predicted molar refractivity (Wildman–Crippen MR) is 135 cm³/mol. The molecule has 0 heterocycles. The van der Waals surface area contributed by atoms with Crippen LogP contribution in [0, 0.1) is 0 Å². The van der Waals surface area contributed by atoms with Crippen molar-refractivity contribution in [2.45, 2.75) is 45.7 Å². The van der Waals surface area contributed by atoms with Crippen LogP contribution < -0.4 is 9.62 Å². The molecule has 1 amide bonds. The molecule has 0 spiro atoms. The Kier molecular flexibility index (Phi) is 7.28. The molecule has 3 aromatic carbocycles. The van der Waals surface area contributed by atoms with E-state index in [1.807, 2.05) is 49.4 Å².